The van der Waals surface area contributed by atoms with Crippen LogP contribution in [0, 0.1) is 0 Å². The number of rotatable bonds is 4. The second-order valence-corrected chi connectivity index (χ2v) is 5.15. The van der Waals surface area contributed by atoms with E-state index in [0.29, 0.717) is 17.1 Å². The zero-order valence-corrected chi connectivity index (χ0v) is 10.9. The Morgan fingerprint density at radius 2 is 2.19 bits per heavy atom. The lowest BCUT2D eigenvalue weighted by Crippen LogP contribution is -2.21. The Kier molecular flexibility index (Phi) is 4.96. The van der Waals surface area contributed by atoms with E-state index in [4.69, 9.17) is 17.3 Å². The summed E-state index contributed by atoms with van der Waals surface area (Å²) < 4.78 is 0. The van der Waals surface area contributed by atoms with Gasteiger partial charge in [0.15, 0.2) is 0 Å². The minimum Gasteiger partial charge on any atom is -0.398 e. The van der Waals surface area contributed by atoms with Crippen molar-refractivity contribution < 1.29 is 4.79 Å². The molecule has 0 heterocycles. The maximum absolute atomic E-state index is 11.3. The Hall–Kier alpha value is -0.870. The highest BCUT2D eigenvalue weighted by molar-refractivity contribution is 7.99. The summed E-state index contributed by atoms with van der Waals surface area (Å²) in [6, 6.07) is 5.51. The molecule has 3 nitrogen and oxygen atoms in total. The molecule has 1 amide bonds. The fraction of sp³-hybridized carbons (Fsp3) is 0.364. The first-order valence-corrected chi connectivity index (χ1v) is 6.25. The van der Waals surface area contributed by atoms with Crippen LogP contribution in [0.15, 0.2) is 23.1 Å². The summed E-state index contributed by atoms with van der Waals surface area (Å²) in [5.74, 6) is 0.881. The molecule has 0 radical (unpaired) electrons. The molecule has 16 heavy (non-hydrogen) atoms. The largest absolute Gasteiger partial charge is 0.398 e. The Labute approximate surface area is 105 Å². The molecule has 2 N–H and O–H groups in total. The maximum atomic E-state index is 11.3. The van der Waals surface area contributed by atoms with Crippen LogP contribution >= 0.6 is 23.4 Å². The van der Waals surface area contributed by atoms with E-state index < -0.39 is 0 Å². The Bertz CT molecular complexity index is 382. The lowest BCUT2D eigenvalue weighted by molar-refractivity contribution is -0.128. The first-order valence-electron chi connectivity index (χ1n) is 4.88. The summed E-state index contributed by atoms with van der Waals surface area (Å²) in [7, 11) is 3.51. The molecule has 1 aromatic rings. The second kappa shape index (κ2) is 6.01. The number of carbonyl (C=O) groups is 1. The van der Waals surface area contributed by atoms with Crippen molar-refractivity contribution in [2.45, 2.75) is 11.3 Å². The van der Waals surface area contributed by atoms with E-state index in [2.05, 4.69) is 0 Å². The third kappa shape index (κ3) is 3.94. The van der Waals surface area contributed by atoms with Crippen molar-refractivity contribution in [3.8, 4) is 0 Å². The lowest BCUT2D eigenvalue weighted by Gasteiger charge is -2.09. The molecule has 0 atom stereocenters. The molecular weight excluding hydrogens is 244 g/mol. The Morgan fingerprint density at radius 3 is 2.75 bits per heavy atom. The molecule has 0 unspecified atom stereocenters. The van der Waals surface area contributed by atoms with Crippen LogP contribution in [0.1, 0.15) is 6.42 Å². The number of nitrogens with two attached hydrogens (primary N) is 1. The van der Waals surface area contributed by atoms with Crippen molar-refractivity contribution in [2.75, 3.05) is 25.6 Å². The van der Waals surface area contributed by atoms with Crippen LogP contribution in [0.5, 0.6) is 0 Å². The van der Waals surface area contributed by atoms with Crippen molar-refractivity contribution >= 4 is 35.0 Å². The number of hydrogen-bond acceptors (Lipinski definition) is 3. The summed E-state index contributed by atoms with van der Waals surface area (Å²) in [6.07, 6.45) is 0.527. The van der Waals surface area contributed by atoms with Crippen LogP contribution in [0.4, 0.5) is 5.69 Å². The van der Waals surface area contributed by atoms with Crippen LogP contribution in [0.3, 0.4) is 0 Å². The van der Waals surface area contributed by atoms with Gasteiger partial charge in [-0.15, -0.1) is 11.8 Å². The minimum atomic E-state index is 0.133. The number of anilines is 1. The Morgan fingerprint density at radius 1 is 1.50 bits per heavy atom. The number of benzene rings is 1. The summed E-state index contributed by atoms with van der Waals surface area (Å²) in [5, 5.41) is 0.559. The molecule has 1 aromatic carbocycles. The smallest absolute Gasteiger partial charge is 0.222 e. The molecule has 0 aliphatic rings. The number of carbonyl (C=O) groups excluding carboxylic acids is 1. The molecule has 0 bridgehead atoms. The number of nitrogens with zero attached hydrogens (tertiary/aromatic N) is 1. The Balaban J connectivity index is 2.43. The molecule has 0 aliphatic heterocycles. The van der Waals surface area contributed by atoms with Crippen molar-refractivity contribution in [1.29, 1.82) is 0 Å². The molecule has 88 valence electrons. The summed E-state index contributed by atoms with van der Waals surface area (Å²) >= 11 is 7.49. The summed E-state index contributed by atoms with van der Waals surface area (Å²) in [4.78, 5) is 13.9. The fourth-order valence-electron chi connectivity index (χ4n) is 1.08. The molecule has 0 aliphatic carbocycles. The van der Waals surface area contributed by atoms with Gasteiger partial charge in [0.25, 0.3) is 0 Å². The average molecular weight is 259 g/mol. The fourth-order valence-corrected chi connectivity index (χ4v) is 2.20. The van der Waals surface area contributed by atoms with Crippen LogP contribution < -0.4 is 5.73 Å². The van der Waals surface area contributed by atoms with E-state index >= 15 is 0 Å². The van der Waals surface area contributed by atoms with Crippen LogP contribution in [0.2, 0.25) is 5.02 Å². The van der Waals surface area contributed by atoms with Gasteiger partial charge in [-0.1, -0.05) is 11.6 Å². The van der Waals surface area contributed by atoms with Crippen LogP contribution in [-0.2, 0) is 4.79 Å². The molecule has 0 saturated carbocycles. The topological polar surface area (TPSA) is 46.3 Å². The summed E-state index contributed by atoms with van der Waals surface area (Å²) in [6.45, 7) is 0. The predicted molar refractivity (Wildman–Crippen MR) is 69.9 cm³/mol. The first-order chi connectivity index (χ1) is 7.50. The highest BCUT2D eigenvalue weighted by Crippen LogP contribution is 2.26. The molecule has 0 saturated heterocycles. The predicted octanol–water partition coefficient (Wildman–Crippen LogP) is 2.49. The third-order valence-electron chi connectivity index (χ3n) is 2.06. The van der Waals surface area contributed by atoms with Crippen LogP contribution in [-0.4, -0.2) is 30.7 Å². The summed E-state index contributed by atoms with van der Waals surface area (Å²) in [5.41, 5.74) is 6.18. The normalized spacial score (nSPS) is 10.2. The maximum Gasteiger partial charge on any atom is 0.222 e. The number of amides is 1. The number of hydrogen-bond donors (Lipinski definition) is 1. The number of thioether (sulfide) groups is 1. The van der Waals surface area contributed by atoms with Gasteiger partial charge in [0, 0.05) is 31.2 Å². The third-order valence-corrected chi connectivity index (χ3v) is 3.38. The van der Waals surface area contributed by atoms with Gasteiger partial charge in [0.2, 0.25) is 5.91 Å². The van der Waals surface area contributed by atoms with E-state index in [9.17, 15) is 4.79 Å². The van der Waals surface area contributed by atoms with Crippen molar-refractivity contribution in [2.24, 2.45) is 0 Å². The van der Waals surface area contributed by atoms with E-state index in [-0.39, 0.29) is 5.91 Å². The SMILES string of the molecule is CN(C)C(=O)CCSc1ccc(N)c(Cl)c1. The molecular formula is C11H15ClN2OS. The van der Waals surface area contributed by atoms with Gasteiger partial charge >= 0.3 is 0 Å². The minimum absolute atomic E-state index is 0.133. The van der Waals surface area contributed by atoms with Gasteiger partial charge in [-0.05, 0) is 18.2 Å². The van der Waals surface area contributed by atoms with Gasteiger partial charge in [-0.25, -0.2) is 0 Å². The van der Waals surface area contributed by atoms with Crippen molar-refractivity contribution in [1.82, 2.24) is 4.90 Å². The van der Waals surface area contributed by atoms with Gasteiger partial charge < -0.3 is 10.6 Å². The highest BCUT2D eigenvalue weighted by atomic mass is 35.5. The molecule has 5 heteroatoms. The van der Waals surface area contributed by atoms with Gasteiger partial charge in [-0.3, -0.25) is 4.79 Å². The zero-order valence-electron chi connectivity index (χ0n) is 9.37. The lowest BCUT2D eigenvalue weighted by atomic mass is 10.3. The first kappa shape index (κ1) is 13.2. The standard InChI is InChI=1S/C11H15ClN2OS/c1-14(2)11(15)5-6-16-8-3-4-10(13)9(12)7-8/h3-4,7H,5-6,13H2,1-2H3. The molecule has 1 rings (SSSR count). The molecule has 0 aromatic heterocycles. The van der Waals surface area contributed by atoms with Crippen molar-refractivity contribution in [3.63, 3.8) is 0 Å². The van der Waals surface area contributed by atoms with Crippen LogP contribution in [0.25, 0.3) is 0 Å². The second-order valence-electron chi connectivity index (χ2n) is 3.57. The zero-order chi connectivity index (χ0) is 12.1. The molecule has 0 fully saturated rings. The van der Waals surface area contributed by atoms with E-state index in [1.165, 1.54) is 0 Å². The molecule has 0 spiro atoms. The average Bonchev–Trinajstić information content (AvgIpc) is 2.23. The quantitative estimate of drug-likeness (QED) is 0.667. The van der Waals surface area contributed by atoms with Gasteiger partial charge in [0.1, 0.15) is 0 Å². The number of halogens is 1. The van der Waals surface area contributed by atoms with Crippen molar-refractivity contribution in [3.05, 3.63) is 23.2 Å². The van der Waals surface area contributed by atoms with Gasteiger partial charge in [0.05, 0.1) is 10.7 Å². The van der Waals surface area contributed by atoms with Gasteiger partial charge in [-0.2, -0.15) is 0 Å². The van der Waals surface area contributed by atoms with E-state index in [1.54, 1.807) is 36.8 Å². The van der Waals surface area contributed by atoms with E-state index in [0.717, 1.165) is 10.6 Å². The monoisotopic (exact) mass is 258 g/mol. The van der Waals surface area contributed by atoms with E-state index in [1.807, 2.05) is 12.1 Å². The highest BCUT2D eigenvalue weighted by Gasteiger charge is 2.04. The number of nitrogen functional groups attached to an aromatic ring is 1.